The van der Waals surface area contributed by atoms with Gasteiger partial charge in [-0.1, -0.05) is 17.7 Å². The molecule has 0 bridgehead atoms. The second-order valence-corrected chi connectivity index (χ2v) is 5.61. The average Bonchev–Trinajstić information content (AvgIpc) is 2.71. The maximum atomic E-state index is 6.04. The molecule has 1 aromatic heterocycles. The van der Waals surface area contributed by atoms with Crippen molar-refractivity contribution in [3.63, 3.8) is 0 Å². The summed E-state index contributed by atoms with van der Waals surface area (Å²) >= 11 is 11.0. The fourth-order valence-electron chi connectivity index (χ4n) is 1.26. The molecule has 0 aliphatic heterocycles. The first-order valence-corrected chi connectivity index (χ1v) is 6.79. The van der Waals surface area contributed by atoms with Crippen molar-refractivity contribution in [2.75, 3.05) is 0 Å². The van der Waals surface area contributed by atoms with Gasteiger partial charge < -0.3 is 5.73 Å². The highest BCUT2D eigenvalue weighted by Gasteiger charge is 2.08. The van der Waals surface area contributed by atoms with Crippen LogP contribution in [0.25, 0.3) is 10.6 Å². The summed E-state index contributed by atoms with van der Waals surface area (Å²) in [5, 5.41) is 3.62. The van der Waals surface area contributed by atoms with Gasteiger partial charge in [-0.05, 0) is 35.0 Å². The molecule has 0 aliphatic rings. The summed E-state index contributed by atoms with van der Waals surface area (Å²) in [5.41, 5.74) is 7.70. The molecular formula is C11H10BrClN2S. The molecule has 0 radical (unpaired) electrons. The molecule has 84 valence electrons. The first-order valence-electron chi connectivity index (χ1n) is 4.74. The molecular weight excluding hydrogens is 308 g/mol. The summed E-state index contributed by atoms with van der Waals surface area (Å²) in [6.07, 6.45) is 0. The van der Waals surface area contributed by atoms with Crippen molar-refractivity contribution in [2.24, 2.45) is 5.73 Å². The lowest BCUT2D eigenvalue weighted by molar-refractivity contribution is 0.790. The third-order valence-corrected chi connectivity index (χ3v) is 4.30. The van der Waals surface area contributed by atoms with Crippen molar-refractivity contribution in [1.29, 1.82) is 0 Å². The van der Waals surface area contributed by atoms with Crippen molar-refractivity contribution >= 4 is 38.9 Å². The Labute approximate surface area is 112 Å². The van der Waals surface area contributed by atoms with E-state index in [1.165, 1.54) is 0 Å². The van der Waals surface area contributed by atoms with Crippen LogP contribution >= 0.6 is 38.9 Å². The van der Waals surface area contributed by atoms with Gasteiger partial charge in [0.25, 0.3) is 0 Å². The van der Waals surface area contributed by atoms with Crippen molar-refractivity contribution in [1.82, 2.24) is 4.98 Å². The highest BCUT2D eigenvalue weighted by Crippen LogP contribution is 2.31. The van der Waals surface area contributed by atoms with Crippen molar-refractivity contribution in [2.45, 2.75) is 13.0 Å². The Balaban J connectivity index is 2.39. The molecule has 0 amide bonds. The number of rotatable bonds is 2. The number of nitrogens with two attached hydrogens (primary N) is 1. The maximum Gasteiger partial charge on any atom is 0.123 e. The number of nitrogens with zero attached hydrogens (tertiary/aromatic N) is 1. The molecule has 0 aliphatic carbocycles. The normalized spacial score (nSPS) is 12.8. The molecule has 1 aromatic carbocycles. The smallest absolute Gasteiger partial charge is 0.123 e. The molecule has 2 nitrogen and oxygen atoms in total. The van der Waals surface area contributed by atoms with E-state index in [1.54, 1.807) is 11.3 Å². The van der Waals surface area contributed by atoms with Gasteiger partial charge >= 0.3 is 0 Å². The van der Waals surface area contributed by atoms with E-state index >= 15 is 0 Å². The zero-order valence-electron chi connectivity index (χ0n) is 8.58. The van der Waals surface area contributed by atoms with Crippen molar-refractivity contribution in [3.8, 4) is 10.6 Å². The summed E-state index contributed by atoms with van der Waals surface area (Å²) < 4.78 is 0.891. The second kappa shape index (κ2) is 4.84. The number of hydrogen-bond donors (Lipinski definition) is 1. The molecule has 0 fully saturated rings. The highest BCUT2D eigenvalue weighted by molar-refractivity contribution is 9.10. The van der Waals surface area contributed by atoms with Crippen LogP contribution in [0.1, 0.15) is 18.7 Å². The van der Waals surface area contributed by atoms with Crippen LogP contribution in [0.2, 0.25) is 5.02 Å². The van der Waals surface area contributed by atoms with Gasteiger partial charge in [-0.2, -0.15) is 0 Å². The van der Waals surface area contributed by atoms with Crippen LogP contribution in [0.4, 0.5) is 0 Å². The predicted molar refractivity (Wildman–Crippen MR) is 72.9 cm³/mol. The molecule has 0 saturated heterocycles. The summed E-state index contributed by atoms with van der Waals surface area (Å²) in [7, 11) is 0. The first-order chi connectivity index (χ1) is 7.58. The van der Waals surface area contributed by atoms with Crippen LogP contribution in [0.3, 0.4) is 0 Å². The summed E-state index contributed by atoms with van der Waals surface area (Å²) in [6.45, 7) is 1.92. The molecule has 1 heterocycles. The molecule has 2 N–H and O–H groups in total. The standard InChI is InChI=1S/C11H10BrClN2S/c1-6(14)10-5-16-11(15-10)7-2-3-8(12)9(13)4-7/h2-6H,14H2,1H3. The van der Waals surface area contributed by atoms with E-state index in [9.17, 15) is 0 Å². The van der Waals surface area contributed by atoms with E-state index in [0.29, 0.717) is 5.02 Å². The third-order valence-electron chi connectivity index (χ3n) is 2.16. The second-order valence-electron chi connectivity index (χ2n) is 3.50. The fourth-order valence-corrected chi connectivity index (χ4v) is 2.61. The number of benzene rings is 1. The van der Waals surface area contributed by atoms with Gasteiger partial charge in [0, 0.05) is 21.5 Å². The maximum absolute atomic E-state index is 6.04. The van der Waals surface area contributed by atoms with Gasteiger partial charge in [-0.15, -0.1) is 11.3 Å². The van der Waals surface area contributed by atoms with Crippen LogP contribution in [-0.2, 0) is 0 Å². The van der Waals surface area contributed by atoms with E-state index in [2.05, 4.69) is 20.9 Å². The minimum Gasteiger partial charge on any atom is -0.323 e. The molecule has 1 atom stereocenters. The minimum absolute atomic E-state index is 0.0316. The lowest BCUT2D eigenvalue weighted by Gasteiger charge is -2.00. The Bertz CT molecular complexity index is 510. The molecule has 1 unspecified atom stereocenters. The van der Waals surface area contributed by atoms with Gasteiger partial charge in [0.15, 0.2) is 0 Å². The largest absolute Gasteiger partial charge is 0.323 e. The lowest BCUT2D eigenvalue weighted by Crippen LogP contribution is -2.04. The molecule has 5 heteroatoms. The summed E-state index contributed by atoms with van der Waals surface area (Å²) in [5.74, 6) is 0. The third kappa shape index (κ3) is 2.46. The average molecular weight is 318 g/mol. The SMILES string of the molecule is CC(N)c1csc(-c2ccc(Br)c(Cl)c2)n1. The van der Waals surface area contributed by atoms with E-state index < -0.39 is 0 Å². The van der Waals surface area contributed by atoms with Gasteiger partial charge in [-0.25, -0.2) is 4.98 Å². The van der Waals surface area contributed by atoms with Crippen molar-refractivity contribution < 1.29 is 0 Å². The van der Waals surface area contributed by atoms with Crippen LogP contribution in [0.5, 0.6) is 0 Å². The number of thiazole rings is 1. The van der Waals surface area contributed by atoms with Crippen LogP contribution in [0.15, 0.2) is 28.1 Å². The highest BCUT2D eigenvalue weighted by atomic mass is 79.9. The minimum atomic E-state index is -0.0316. The number of hydrogen-bond acceptors (Lipinski definition) is 3. The van der Waals surface area contributed by atoms with E-state index in [-0.39, 0.29) is 6.04 Å². The zero-order valence-corrected chi connectivity index (χ0v) is 11.7. The molecule has 2 rings (SSSR count). The number of halogens is 2. The lowest BCUT2D eigenvalue weighted by atomic mass is 10.2. The van der Waals surface area contributed by atoms with Gasteiger partial charge in [0.1, 0.15) is 5.01 Å². The molecule has 2 aromatic rings. The van der Waals surface area contributed by atoms with Gasteiger partial charge in [0.05, 0.1) is 10.7 Å². The quantitative estimate of drug-likeness (QED) is 0.899. The van der Waals surface area contributed by atoms with Crippen LogP contribution in [0, 0.1) is 0 Å². The Morgan fingerprint density at radius 3 is 2.81 bits per heavy atom. The Morgan fingerprint density at radius 1 is 1.50 bits per heavy atom. The van der Waals surface area contributed by atoms with E-state index in [0.717, 1.165) is 20.7 Å². The zero-order chi connectivity index (χ0) is 11.7. The molecule has 16 heavy (non-hydrogen) atoms. The fraction of sp³-hybridized carbons (Fsp3) is 0.182. The van der Waals surface area contributed by atoms with Gasteiger partial charge in [0.2, 0.25) is 0 Å². The Morgan fingerprint density at radius 2 is 2.25 bits per heavy atom. The van der Waals surface area contributed by atoms with E-state index in [4.69, 9.17) is 17.3 Å². The molecule has 0 spiro atoms. The summed E-state index contributed by atoms with van der Waals surface area (Å²) in [6, 6.07) is 5.77. The van der Waals surface area contributed by atoms with E-state index in [1.807, 2.05) is 30.5 Å². The summed E-state index contributed by atoms with van der Waals surface area (Å²) in [4.78, 5) is 4.47. The Hall–Kier alpha value is -0.420. The monoisotopic (exact) mass is 316 g/mol. The topological polar surface area (TPSA) is 38.9 Å². The van der Waals surface area contributed by atoms with Crippen LogP contribution < -0.4 is 5.73 Å². The molecule has 0 saturated carbocycles. The first kappa shape index (κ1) is 12.0. The van der Waals surface area contributed by atoms with Gasteiger partial charge in [-0.3, -0.25) is 0 Å². The Kier molecular flexibility index (Phi) is 3.64. The predicted octanol–water partition coefficient (Wildman–Crippen LogP) is 4.25. The van der Waals surface area contributed by atoms with Crippen LogP contribution in [-0.4, -0.2) is 4.98 Å². The number of aromatic nitrogens is 1. The van der Waals surface area contributed by atoms with Crippen molar-refractivity contribution in [3.05, 3.63) is 38.8 Å².